The van der Waals surface area contributed by atoms with Crippen LogP contribution in [0.5, 0.6) is 0 Å². The van der Waals surface area contributed by atoms with Gasteiger partial charge in [-0.05, 0) is 22.4 Å². The lowest BCUT2D eigenvalue weighted by Crippen LogP contribution is -2.57. The molecule has 1 fully saturated rings. The molecule has 0 amide bonds. The molecule has 1 aromatic heterocycles. The highest BCUT2D eigenvalue weighted by molar-refractivity contribution is 9.10. The molecule has 0 bridgehead atoms. The Morgan fingerprint density at radius 1 is 1.50 bits per heavy atom. The van der Waals surface area contributed by atoms with Crippen molar-refractivity contribution in [1.29, 1.82) is 0 Å². The van der Waals surface area contributed by atoms with Crippen LogP contribution in [0.4, 0.5) is 5.82 Å². The van der Waals surface area contributed by atoms with Gasteiger partial charge in [0.05, 0.1) is 6.10 Å². The fourth-order valence-electron chi connectivity index (χ4n) is 2.12. The quantitative estimate of drug-likeness (QED) is 0.867. The first kappa shape index (κ1) is 11.8. The van der Waals surface area contributed by atoms with Crippen molar-refractivity contribution in [2.24, 2.45) is 5.41 Å². The van der Waals surface area contributed by atoms with Gasteiger partial charge >= 0.3 is 0 Å². The third-order valence-corrected chi connectivity index (χ3v) is 3.85. The highest BCUT2D eigenvalue weighted by Crippen LogP contribution is 2.43. The van der Waals surface area contributed by atoms with Crippen LogP contribution in [0.3, 0.4) is 0 Å². The van der Waals surface area contributed by atoms with Crippen LogP contribution >= 0.6 is 15.9 Å². The molecular weight excluding hydrogens is 270 g/mol. The average molecular weight is 286 g/mol. The number of halogens is 1. The summed E-state index contributed by atoms with van der Waals surface area (Å²) >= 11 is 3.33. The van der Waals surface area contributed by atoms with E-state index in [0.29, 0.717) is 12.1 Å². The molecule has 1 aliphatic carbocycles. The number of hydrogen-bond acceptors (Lipinski definition) is 4. The van der Waals surface area contributed by atoms with E-state index in [2.05, 4.69) is 45.1 Å². The zero-order chi connectivity index (χ0) is 11.8. The molecule has 1 aromatic rings. The fourth-order valence-corrected chi connectivity index (χ4v) is 2.43. The molecule has 4 nitrogen and oxygen atoms in total. The second-order valence-electron chi connectivity index (χ2n) is 4.70. The van der Waals surface area contributed by atoms with Gasteiger partial charge in [0, 0.05) is 24.6 Å². The Balaban J connectivity index is 2.02. The summed E-state index contributed by atoms with van der Waals surface area (Å²) in [4.78, 5) is 8.18. The van der Waals surface area contributed by atoms with E-state index in [1.807, 2.05) is 6.07 Å². The summed E-state index contributed by atoms with van der Waals surface area (Å²) in [6.45, 7) is 4.41. The molecule has 2 rings (SSSR count). The first-order valence-corrected chi connectivity index (χ1v) is 6.10. The maximum absolute atomic E-state index is 5.41. The maximum Gasteiger partial charge on any atom is 0.130 e. The molecule has 0 aromatic carbocycles. The lowest BCUT2D eigenvalue weighted by atomic mass is 9.64. The summed E-state index contributed by atoms with van der Waals surface area (Å²) in [5, 5.41) is 3.41. The number of hydrogen-bond donors (Lipinski definition) is 1. The number of methoxy groups -OCH3 is 1. The maximum atomic E-state index is 5.41. The van der Waals surface area contributed by atoms with E-state index in [9.17, 15) is 0 Å². The number of nitrogens with zero attached hydrogens (tertiary/aromatic N) is 2. The molecule has 0 radical (unpaired) electrons. The standard InChI is InChI=1S/C11H16BrN3O/c1-11(2)7(4-8(11)16-3)15-10-5-9(12)13-6-14-10/h5-8H,4H2,1-3H3,(H,13,14,15). The van der Waals surface area contributed by atoms with Crippen molar-refractivity contribution in [2.75, 3.05) is 12.4 Å². The number of anilines is 1. The highest BCUT2D eigenvalue weighted by atomic mass is 79.9. The van der Waals surface area contributed by atoms with Gasteiger partial charge in [0.25, 0.3) is 0 Å². The lowest BCUT2D eigenvalue weighted by molar-refractivity contribution is -0.0795. The average Bonchev–Trinajstić information content (AvgIpc) is 2.23. The number of aromatic nitrogens is 2. The summed E-state index contributed by atoms with van der Waals surface area (Å²) in [6, 6.07) is 2.29. The first-order chi connectivity index (χ1) is 7.54. The lowest BCUT2D eigenvalue weighted by Gasteiger charge is -2.51. The van der Waals surface area contributed by atoms with Crippen LogP contribution in [-0.4, -0.2) is 29.2 Å². The van der Waals surface area contributed by atoms with Crippen LogP contribution in [0.15, 0.2) is 17.0 Å². The molecule has 1 saturated carbocycles. The van der Waals surface area contributed by atoms with Crippen LogP contribution in [0.2, 0.25) is 0 Å². The van der Waals surface area contributed by atoms with Crippen molar-refractivity contribution in [3.05, 3.63) is 17.0 Å². The topological polar surface area (TPSA) is 47.0 Å². The summed E-state index contributed by atoms with van der Waals surface area (Å²) in [6.07, 6.45) is 2.90. The van der Waals surface area contributed by atoms with Crippen molar-refractivity contribution in [2.45, 2.75) is 32.4 Å². The summed E-state index contributed by atoms with van der Waals surface area (Å²) in [5.74, 6) is 0.856. The SMILES string of the molecule is COC1CC(Nc2cc(Br)ncn2)C1(C)C. The Labute approximate surface area is 104 Å². The molecule has 5 heteroatoms. The Morgan fingerprint density at radius 3 is 2.81 bits per heavy atom. The smallest absolute Gasteiger partial charge is 0.130 e. The molecule has 1 N–H and O–H groups in total. The largest absolute Gasteiger partial charge is 0.381 e. The second kappa shape index (κ2) is 4.30. The minimum absolute atomic E-state index is 0.145. The molecule has 0 saturated heterocycles. The van der Waals surface area contributed by atoms with Crippen LogP contribution < -0.4 is 5.32 Å². The van der Waals surface area contributed by atoms with Gasteiger partial charge in [0.1, 0.15) is 16.7 Å². The van der Waals surface area contributed by atoms with Crippen LogP contribution in [-0.2, 0) is 4.74 Å². The predicted molar refractivity (Wildman–Crippen MR) is 66.3 cm³/mol. The monoisotopic (exact) mass is 285 g/mol. The number of rotatable bonds is 3. The Hall–Kier alpha value is -0.680. The van der Waals surface area contributed by atoms with Crippen LogP contribution in [0, 0.1) is 5.41 Å². The molecule has 88 valence electrons. The van der Waals surface area contributed by atoms with Gasteiger partial charge < -0.3 is 10.1 Å². The van der Waals surface area contributed by atoms with E-state index in [4.69, 9.17) is 4.74 Å². The van der Waals surface area contributed by atoms with E-state index in [-0.39, 0.29) is 5.41 Å². The molecule has 0 spiro atoms. The first-order valence-electron chi connectivity index (χ1n) is 5.31. The van der Waals surface area contributed by atoms with Gasteiger partial charge in [-0.1, -0.05) is 13.8 Å². The molecule has 1 aliphatic rings. The van der Waals surface area contributed by atoms with Crippen molar-refractivity contribution < 1.29 is 4.74 Å². The Morgan fingerprint density at radius 2 is 2.25 bits per heavy atom. The molecule has 2 unspecified atom stereocenters. The van der Waals surface area contributed by atoms with Crippen molar-refractivity contribution in [1.82, 2.24) is 9.97 Å². The van der Waals surface area contributed by atoms with Crippen molar-refractivity contribution >= 4 is 21.7 Å². The third kappa shape index (κ3) is 2.06. The molecule has 16 heavy (non-hydrogen) atoms. The third-order valence-electron chi connectivity index (χ3n) is 3.42. The summed E-state index contributed by atoms with van der Waals surface area (Å²) < 4.78 is 6.21. The van der Waals surface area contributed by atoms with Gasteiger partial charge in [0.2, 0.25) is 0 Å². The van der Waals surface area contributed by atoms with Crippen molar-refractivity contribution in [3.63, 3.8) is 0 Å². The predicted octanol–water partition coefficient (Wildman–Crippen LogP) is 2.46. The highest BCUT2D eigenvalue weighted by Gasteiger charge is 2.48. The molecule has 1 heterocycles. The summed E-state index contributed by atoms with van der Waals surface area (Å²) in [5.41, 5.74) is 0.145. The summed E-state index contributed by atoms with van der Waals surface area (Å²) in [7, 11) is 1.77. The van der Waals surface area contributed by atoms with E-state index < -0.39 is 0 Å². The Bertz CT molecular complexity index is 383. The molecule has 2 atom stereocenters. The van der Waals surface area contributed by atoms with Gasteiger partial charge in [-0.15, -0.1) is 0 Å². The minimum atomic E-state index is 0.145. The normalized spacial score (nSPS) is 27.2. The van der Waals surface area contributed by atoms with Crippen molar-refractivity contribution in [3.8, 4) is 0 Å². The van der Waals surface area contributed by atoms with E-state index in [1.165, 1.54) is 0 Å². The van der Waals surface area contributed by atoms with Crippen LogP contribution in [0.1, 0.15) is 20.3 Å². The molecular formula is C11H16BrN3O. The fraction of sp³-hybridized carbons (Fsp3) is 0.636. The van der Waals surface area contributed by atoms with E-state index in [1.54, 1.807) is 13.4 Å². The van der Waals surface area contributed by atoms with Gasteiger partial charge in [-0.2, -0.15) is 0 Å². The number of ether oxygens (including phenoxy) is 1. The zero-order valence-electron chi connectivity index (χ0n) is 9.70. The Kier molecular flexibility index (Phi) is 3.17. The minimum Gasteiger partial charge on any atom is -0.381 e. The molecule has 0 aliphatic heterocycles. The van der Waals surface area contributed by atoms with Gasteiger partial charge in [-0.25, -0.2) is 9.97 Å². The van der Waals surface area contributed by atoms with Gasteiger partial charge in [-0.3, -0.25) is 0 Å². The van der Waals surface area contributed by atoms with E-state index in [0.717, 1.165) is 16.8 Å². The van der Waals surface area contributed by atoms with Crippen LogP contribution in [0.25, 0.3) is 0 Å². The zero-order valence-corrected chi connectivity index (χ0v) is 11.3. The second-order valence-corrected chi connectivity index (χ2v) is 5.52. The van der Waals surface area contributed by atoms with Gasteiger partial charge in [0.15, 0.2) is 0 Å². The van der Waals surface area contributed by atoms with E-state index >= 15 is 0 Å². The number of nitrogens with one attached hydrogen (secondary N) is 1.